The van der Waals surface area contributed by atoms with Crippen molar-refractivity contribution in [3.8, 4) is 0 Å². The standard InChI is InChI=1S/C15H31N3O/c1-14(2,3)11-18(5)10-8-12-7-6-9-15(12,17-4)13(16)19/h12,17H,6-11H2,1-5H3,(H2,16,19). The van der Waals surface area contributed by atoms with Crippen molar-refractivity contribution in [2.24, 2.45) is 17.1 Å². The molecule has 3 N–H and O–H groups in total. The van der Waals surface area contributed by atoms with Gasteiger partial charge in [-0.05, 0) is 51.2 Å². The Labute approximate surface area is 118 Å². The van der Waals surface area contributed by atoms with Gasteiger partial charge in [0.1, 0.15) is 5.54 Å². The summed E-state index contributed by atoms with van der Waals surface area (Å²) in [5, 5.41) is 3.21. The van der Waals surface area contributed by atoms with Crippen LogP contribution >= 0.6 is 0 Å². The van der Waals surface area contributed by atoms with E-state index in [0.29, 0.717) is 11.3 Å². The molecule has 0 aromatic heterocycles. The van der Waals surface area contributed by atoms with E-state index in [2.05, 4.69) is 38.0 Å². The molecule has 0 heterocycles. The Kier molecular flexibility index (Phi) is 5.39. The smallest absolute Gasteiger partial charge is 0.238 e. The van der Waals surface area contributed by atoms with Gasteiger partial charge in [0.25, 0.3) is 0 Å². The lowest BCUT2D eigenvalue weighted by Gasteiger charge is -2.34. The van der Waals surface area contributed by atoms with Crippen LogP contribution in [0.1, 0.15) is 46.5 Å². The van der Waals surface area contributed by atoms with Crippen LogP contribution in [0.4, 0.5) is 0 Å². The van der Waals surface area contributed by atoms with E-state index in [1.807, 2.05) is 7.05 Å². The molecule has 0 saturated heterocycles. The van der Waals surface area contributed by atoms with Crippen molar-refractivity contribution >= 4 is 5.91 Å². The van der Waals surface area contributed by atoms with Crippen LogP contribution in [0.2, 0.25) is 0 Å². The molecule has 1 saturated carbocycles. The lowest BCUT2D eigenvalue weighted by molar-refractivity contribution is -0.125. The minimum absolute atomic E-state index is 0.184. The maximum atomic E-state index is 11.8. The predicted molar refractivity (Wildman–Crippen MR) is 79.9 cm³/mol. The number of amides is 1. The fraction of sp³-hybridized carbons (Fsp3) is 0.933. The molecular weight excluding hydrogens is 238 g/mol. The lowest BCUT2D eigenvalue weighted by Crippen LogP contribution is -2.56. The van der Waals surface area contributed by atoms with E-state index in [1.165, 1.54) is 0 Å². The second-order valence-corrected chi connectivity index (χ2v) is 7.26. The molecule has 1 rings (SSSR count). The number of primary amides is 1. The number of nitrogens with two attached hydrogens (primary N) is 1. The summed E-state index contributed by atoms with van der Waals surface area (Å²) in [6.07, 6.45) is 4.12. The summed E-state index contributed by atoms with van der Waals surface area (Å²) < 4.78 is 0. The van der Waals surface area contributed by atoms with Gasteiger partial charge in [-0.1, -0.05) is 27.2 Å². The Balaban J connectivity index is 2.54. The van der Waals surface area contributed by atoms with Crippen molar-refractivity contribution < 1.29 is 4.79 Å². The molecule has 4 nitrogen and oxygen atoms in total. The zero-order valence-electron chi connectivity index (χ0n) is 13.3. The lowest BCUT2D eigenvalue weighted by atomic mass is 9.84. The largest absolute Gasteiger partial charge is 0.368 e. The van der Waals surface area contributed by atoms with E-state index in [0.717, 1.165) is 38.8 Å². The zero-order valence-corrected chi connectivity index (χ0v) is 13.3. The van der Waals surface area contributed by atoms with Crippen LogP contribution in [-0.2, 0) is 4.79 Å². The number of carbonyl (C=O) groups is 1. The number of nitrogens with one attached hydrogen (secondary N) is 1. The quantitative estimate of drug-likeness (QED) is 0.770. The van der Waals surface area contributed by atoms with Crippen LogP contribution in [0.25, 0.3) is 0 Å². The molecule has 0 aliphatic heterocycles. The summed E-state index contributed by atoms with van der Waals surface area (Å²) in [6.45, 7) is 8.85. The third-order valence-electron chi connectivity index (χ3n) is 4.31. The second kappa shape index (κ2) is 6.23. The van der Waals surface area contributed by atoms with Crippen LogP contribution in [0.5, 0.6) is 0 Å². The Hall–Kier alpha value is -0.610. The average Bonchev–Trinajstić information content (AvgIpc) is 2.67. The molecule has 1 fully saturated rings. The molecule has 1 amide bonds. The Morgan fingerprint density at radius 1 is 1.47 bits per heavy atom. The summed E-state index contributed by atoms with van der Waals surface area (Å²) in [6, 6.07) is 0. The first-order valence-corrected chi connectivity index (χ1v) is 7.38. The topological polar surface area (TPSA) is 58.4 Å². The highest BCUT2D eigenvalue weighted by Gasteiger charge is 2.46. The molecule has 0 radical (unpaired) electrons. The molecule has 1 aliphatic carbocycles. The summed E-state index contributed by atoms with van der Waals surface area (Å²) in [5.74, 6) is 0.188. The van der Waals surface area contributed by atoms with Crippen molar-refractivity contribution in [1.82, 2.24) is 10.2 Å². The Morgan fingerprint density at radius 2 is 2.11 bits per heavy atom. The van der Waals surface area contributed by atoms with E-state index in [1.54, 1.807) is 0 Å². The van der Waals surface area contributed by atoms with Crippen molar-refractivity contribution in [2.75, 3.05) is 27.2 Å². The molecule has 0 aromatic rings. The monoisotopic (exact) mass is 269 g/mol. The van der Waals surface area contributed by atoms with Gasteiger partial charge in [0.05, 0.1) is 0 Å². The fourth-order valence-electron chi connectivity index (χ4n) is 3.51. The molecule has 19 heavy (non-hydrogen) atoms. The molecular formula is C15H31N3O. The summed E-state index contributed by atoms with van der Waals surface area (Å²) >= 11 is 0. The predicted octanol–water partition coefficient (Wildman–Crippen LogP) is 1.60. The van der Waals surface area contributed by atoms with Gasteiger partial charge in [-0.15, -0.1) is 0 Å². The molecule has 0 aromatic carbocycles. The first-order valence-electron chi connectivity index (χ1n) is 7.38. The molecule has 2 atom stereocenters. The zero-order chi connectivity index (χ0) is 14.7. The van der Waals surface area contributed by atoms with Crippen molar-refractivity contribution in [1.29, 1.82) is 0 Å². The van der Waals surface area contributed by atoms with Crippen LogP contribution in [-0.4, -0.2) is 43.5 Å². The third-order valence-corrected chi connectivity index (χ3v) is 4.31. The van der Waals surface area contributed by atoms with E-state index in [9.17, 15) is 4.79 Å². The highest BCUT2D eigenvalue weighted by atomic mass is 16.1. The average molecular weight is 269 g/mol. The van der Waals surface area contributed by atoms with Crippen LogP contribution in [0.15, 0.2) is 0 Å². The second-order valence-electron chi connectivity index (χ2n) is 7.26. The summed E-state index contributed by atoms with van der Waals surface area (Å²) in [7, 11) is 4.02. The van der Waals surface area contributed by atoms with E-state index < -0.39 is 5.54 Å². The number of likely N-dealkylation sites (N-methyl/N-ethyl adjacent to an activating group) is 1. The van der Waals surface area contributed by atoms with E-state index >= 15 is 0 Å². The molecule has 0 spiro atoms. The van der Waals surface area contributed by atoms with Gasteiger partial charge >= 0.3 is 0 Å². The maximum absolute atomic E-state index is 11.8. The highest BCUT2D eigenvalue weighted by Crippen LogP contribution is 2.37. The SMILES string of the molecule is CNC1(C(N)=O)CCCC1CCN(C)CC(C)(C)C. The minimum Gasteiger partial charge on any atom is -0.368 e. The van der Waals surface area contributed by atoms with Gasteiger partial charge in [0.15, 0.2) is 0 Å². The maximum Gasteiger partial charge on any atom is 0.238 e. The molecule has 0 bridgehead atoms. The highest BCUT2D eigenvalue weighted by molar-refractivity contribution is 5.85. The van der Waals surface area contributed by atoms with Crippen molar-refractivity contribution in [3.63, 3.8) is 0 Å². The van der Waals surface area contributed by atoms with Gasteiger partial charge in [0, 0.05) is 6.54 Å². The Morgan fingerprint density at radius 3 is 2.58 bits per heavy atom. The number of carbonyl (C=O) groups excluding carboxylic acids is 1. The van der Waals surface area contributed by atoms with E-state index in [-0.39, 0.29) is 5.91 Å². The fourth-order valence-corrected chi connectivity index (χ4v) is 3.51. The van der Waals surface area contributed by atoms with Crippen LogP contribution in [0.3, 0.4) is 0 Å². The Bertz CT molecular complexity index is 311. The number of nitrogens with zero attached hydrogens (tertiary/aromatic N) is 1. The molecule has 2 unspecified atom stereocenters. The normalized spacial score (nSPS) is 28.0. The molecule has 4 heteroatoms. The number of rotatable bonds is 6. The van der Waals surface area contributed by atoms with Gasteiger partial charge < -0.3 is 16.0 Å². The van der Waals surface area contributed by atoms with E-state index in [4.69, 9.17) is 5.73 Å². The number of hydrogen-bond acceptors (Lipinski definition) is 3. The first-order chi connectivity index (χ1) is 8.71. The first kappa shape index (κ1) is 16.4. The molecule has 1 aliphatic rings. The summed E-state index contributed by atoms with van der Waals surface area (Å²) in [5.41, 5.74) is 5.47. The van der Waals surface area contributed by atoms with Crippen molar-refractivity contribution in [2.45, 2.75) is 52.0 Å². The van der Waals surface area contributed by atoms with Crippen molar-refractivity contribution in [3.05, 3.63) is 0 Å². The van der Waals surface area contributed by atoms with Gasteiger partial charge in [-0.3, -0.25) is 4.79 Å². The van der Waals surface area contributed by atoms with Gasteiger partial charge in [0.2, 0.25) is 5.91 Å². The molecule has 112 valence electrons. The summed E-state index contributed by atoms with van der Waals surface area (Å²) in [4.78, 5) is 14.1. The van der Waals surface area contributed by atoms with Crippen LogP contribution < -0.4 is 11.1 Å². The van der Waals surface area contributed by atoms with Gasteiger partial charge in [-0.2, -0.15) is 0 Å². The van der Waals surface area contributed by atoms with Crippen LogP contribution in [0, 0.1) is 11.3 Å². The number of hydrogen-bond donors (Lipinski definition) is 2. The van der Waals surface area contributed by atoms with Gasteiger partial charge in [-0.25, -0.2) is 0 Å². The minimum atomic E-state index is -0.470. The third kappa shape index (κ3) is 4.18.